The van der Waals surface area contributed by atoms with Crippen molar-refractivity contribution in [1.29, 1.82) is 0 Å². The van der Waals surface area contributed by atoms with E-state index >= 15 is 0 Å². The second-order valence-electron chi connectivity index (χ2n) is 8.26. The average Bonchev–Trinajstić information content (AvgIpc) is 2.60. The predicted molar refractivity (Wildman–Crippen MR) is 116 cm³/mol. The molecule has 0 aromatic heterocycles. The van der Waals surface area contributed by atoms with Gasteiger partial charge in [0.25, 0.3) is 0 Å². The molecule has 0 heterocycles. The van der Waals surface area contributed by atoms with Crippen LogP contribution in [-0.2, 0) is 4.79 Å². The molecular weight excluding hydrogens is 320 g/mol. The van der Waals surface area contributed by atoms with E-state index in [1.54, 1.807) is 6.92 Å². The van der Waals surface area contributed by atoms with E-state index in [0.717, 1.165) is 26.1 Å². The fourth-order valence-corrected chi connectivity index (χ4v) is 3.50. The molecule has 26 heavy (non-hydrogen) atoms. The normalized spacial score (nSPS) is 11.3. The third-order valence-electron chi connectivity index (χ3n) is 5.26. The van der Waals surface area contributed by atoms with E-state index in [4.69, 9.17) is 0 Å². The van der Waals surface area contributed by atoms with Crippen molar-refractivity contribution in [3.05, 3.63) is 0 Å². The summed E-state index contributed by atoms with van der Waals surface area (Å²) >= 11 is 0. The van der Waals surface area contributed by atoms with Crippen molar-refractivity contribution in [2.24, 2.45) is 0 Å². The number of hydrogen-bond donors (Lipinski definition) is 0. The van der Waals surface area contributed by atoms with Crippen molar-refractivity contribution in [2.75, 3.05) is 33.7 Å². The maximum atomic E-state index is 11.7. The summed E-state index contributed by atoms with van der Waals surface area (Å²) in [5.74, 6) is 0.235. The predicted octanol–water partition coefficient (Wildman–Crippen LogP) is 6.27. The molecule has 0 bridgehead atoms. The average molecular weight is 369 g/mol. The highest BCUT2D eigenvalue weighted by atomic mass is 16.2. The lowest BCUT2D eigenvalue weighted by molar-refractivity contribution is -0.129. The Morgan fingerprint density at radius 3 is 1.35 bits per heavy atom. The zero-order chi connectivity index (χ0) is 19.5. The molecule has 0 unspecified atom stereocenters. The van der Waals surface area contributed by atoms with Crippen LogP contribution in [0, 0.1) is 0 Å². The molecule has 3 nitrogen and oxygen atoms in total. The zero-order valence-corrected chi connectivity index (χ0v) is 18.5. The summed E-state index contributed by atoms with van der Waals surface area (Å²) in [5, 5.41) is 0. The van der Waals surface area contributed by atoms with Gasteiger partial charge in [-0.05, 0) is 33.5 Å². The van der Waals surface area contributed by atoms with Crippen LogP contribution in [0.5, 0.6) is 0 Å². The Kier molecular flexibility index (Phi) is 18.8. The molecule has 0 fully saturated rings. The van der Waals surface area contributed by atoms with E-state index in [9.17, 15) is 4.79 Å². The first-order chi connectivity index (χ1) is 12.6. The van der Waals surface area contributed by atoms with E-state index in [2.05, 4.69) is 25.9 Å². The minimum Gasteiger partial charge on any atom is -0.343 e. The lowest BCUT2D eigenvalue weighted by Crippen LogP contribution is -2.32. The number of hydrogen-bond acceptors (Lipinski definition) is 2. The van der Waals surface area contributed by atoms with Crippen LogP contribution < -0.4 is 0 Å². The van der Waals surface area contributed by atoms with E-state index in [-0.39, 0.29) is 5.91 Å². The molecule has 0 spiro atoms. The molecule has 0 saturated carbocycles. The summed E-state index contributed by atoms with van der Waals surface area (Å²) in [4.78, 5) is 15.9. The van der Waals surface area contributed by atoms with E-state index in [1.165, 1.54) is 89.9 Å². The third-order valence-corrected chi connectivity index (χ3v) is 5.26. The Hall–Kier alpha value is -0.570. The van der Waals surface area contributed by atoms with Gasteiger partial charge in [-0.25, -0.2) is 0 Å². The van der Waals surface area contributed by atoms with Crippen LogP contribution in [0.3, 0.4) is 0 Å². The molecule has 0 radical (unpaired) electrons. The Labute approximate surface area is 164 Å². The fourth-order valence-electron chi connectivity index (χ4n) is 3.50. The molecule has 0 aliphatic carbocycles. The zero-order valence-electron chi connectivity index (χ0n) is 18.5. The third kappa shape index (κ3) is 18.2. The van der Waals surface area contributed by atoms with Crippen molar-refractivity contribution in [1.82, 2.24) is 9.80 Å². The molecule has 0 atom stereocenters. The minimum atomic E-state index is 0.235. The second-order valence-corrected chi connectivity index (χ2v) is 8.26. The molecule has 0 N–H and O–H groups in total. The van der Waals surface area contributed by atoms with Gasteiger partial charge < -0.3 is 9.80 Å². The highest BCUT2D eigenvalue weighted by Crippen LogP contribution is 2.13. The summed E-state index contributed by atoms with van der Waals surface area (Å²) in [6.07, 6.45) is 20.4. The molecule has 0 aliphatic heterocycles. The maximum absolute atomic E-state index is 11.7. The van der Waals surface area contributed by atoms with E-state index in [1.807, 2.05) is 4.90 Å². The molecule has 0 aromatic rings. The maximum Gasteiger partial charge on any atom is 0.219 e. The Morgan fingerprint density at radius 1 is 0.577 bits per heavy atom. The Morgan fingerprint density at radius 2 is 0.962 bits per heavy atom. The first-order valence-electron chi connectivity index (χ1n) is 11.5. The van der Waals surface area contributed by atoms with Gasteiger partial charge in [-0.15, -0.1) is 0 Å². The van der Waals surface area contributed by atoms with Crippen LogP contribution in [0.25, 0.3) is 0 Å². The summed E-state index contributed by atoms with van der Waals surface area (Å²) in [5.41, 5.74) is 0. The standard InChI is InChI=1S/C23H48N2O/c1-5-6-7-8-9-10-11-12-13-14-15-16-17-18-21-25(23(2)26)22-19-20-24(3)4/h5-22H2,1-4H3. The van der Waals surface area contributed by atoms with Gasteiger partial charge in [0, 0.05) is 20.0 Å². The Bertz CT molecular complexity index is 305. The molecule has 0 aromatic carbocycles. The number of rotatable bonds is 19. The quantitative estimate of drug-likeness (QED) is 0.251. The first-order valence-corrected chi connectivity index (χ1v) is 11.5. The number of carbonyl (C=O) groups excluding carboxylic acids is 1. The van der Waals surface area contributed by atoms with Gasteiger partial charge in [0.05, 0.1) is 0 Å². The number of unbranched alkanes of at least 4 members (excludes halogenated alkanes) is 13. The van der Waals surface area contributed by atoms with E-state index in [0.29, 0.717) is 0 Å². The lowest BCUT2D eigenvalue weighted by Gasteiger charge is -2.22. The molecule has 0 rings (SSSR count). The van der Waals surface area contributed by atoms with Crippen molar-refractivity contribution < 1.29 is 4.79 Å². The summed E-state index contributed by atoms with van der Waals surface area (Å²) < 4.78 is 0. The number of amides is 1. The highest BCUT2D eigenvalue weighted by Gasteiger charge is 2.07. The highest BCUT2D eigenvalue weighted by molar-refractivity contribution is 5.73. The van der Waals surface area contributed by atoms with Gasteiger partial charge in [0.2, 0.25) is 5.91 Å². The molecule has 0 aliphatic rings. The summed E-state index contributed by atoms with van der Waals surface area (Å²) in [6.45, 7) is 6.90. The van der Waals surface area contributed by atoms with Gasteiger partial charge in [-0.2, -0.15) is 0 Å². The van der Waals surface area contributed by atoms with Crippen LogP contribution in [0.15, 0.2) is 0 Å². The van der Waals surface area contributed by atoms with Gasteiger partial charge >= 0.3 is 0 Å². The molecule has 156 valence electrons. The van der Waals surface area contributed by atoms with Crippen molar-refractivity contribution in [3.63, 3.8) is 0 Å². The SMILES string of the molecule is CCCCCCCCCCCCCCCCN(CCCN(C)C)C(C)=O. The number of nitrogens with zero attached hydrogens (tertiary/aromatic N) is 2. The summed E-state index contributed by atoms with van der Waals surface area (Å²) in [6, 6.07) is 0. The fraction of sp³-hybridized carbons (Fsp3) is 0.957. The second kappa shape index (κ2) is 19.2. The van der Waals surface area contributed by atoms with Gasteiger partial charge in [0.1, 0.15) is 0 Å². The first kappa shape index (κ1) is 25.4. The molecule has 3 heteroatoms. The van der Waals surface area contributed by atoms with Crippen LogP contribution in [0.1, 0.15) is 110 Å². The van der Waals surface area contributed by atoms with E-state index < -0.39 is 0 Å². The van der Waals surface area contributed by atoms with Gasteiger partial charge in [0.15, 0.2) is 0 Å². The van der Waals surface area contributed by atoms with Crippen molar-refractivity contribution in [2.45, 2.75) is 110 Å². The largest absolute Gasteiger partial charge is 0.343 e. The molecule has 1 amide bonds. The van der Waals surface area contributed by atoms with Gasteiger partial charge in [-0.3, -0.25) is 4.79 Å². The molecular formula is C23H48N2O. The monoisotopic (exact) mass is 368 g/mol. The van der Waals surface area contributed by atoms with Gasteiger partial charge in [-0.1, -0.05) is 90.4 Å². The van der Waals surface area contributed by atoms with Crippen molar-refractivity contribution >= 4 is 5.91 Å². The summed E-state index contributed by atoms with van der Waals surface area (Å²) in [7, 11) is 4.18. The van der Waals surface area contributed by atoms with Crippen LogP contribution in [0.4, 0.5) is 0 Å². The minimum absolute atomic E-state index is 0.235. The van der Waals surface area contributed by atoms with Crippen molar-refractivity contribution in [3.8, 4) is 0 Å². The number of carbonyl (C=O) groups is 1. The van der Waals surface area contributed by atoms with Crippen LogP contribution >= 0.6 is 0 Å². The Balaban J connectivity index is 3.36. The van der Waals surface area contributed by atoms with Crippen LogP contribution in [0.2, 0.25) is 0 Å². The van der Waals surface area contributed by atoms with Crippen LogP contribution in [-0.4, -0.2) is 49.4 Å². The lowest BCUT2D eigenvalue weighted by atomic mass is 10.0. The topological polar surface area (TPSA) is 23.6 Å². The smallest absolute Gasteiger partial charge is 0.219 e. The molecule has 0 saturated heterocycles.